The smallest absolute Gasteiger partial charge is 0.332 e. The van der Waals surface area contributed by atoms with Crippen LogP contribution in [0.15, 0.2) is 60.7 Å². The molecule has 0 saturated carbocycles. The molecule has 2 N–H and O–H groups in total. The number of urea groups is 1. The highest BCUT2D eigenvalue weighted by atomic mass is 16.7. The van der Waals surface area contributed by atoms with Crippen molar-refractivity contribution in [3.8, 4) is 17.2 Å². The molecule has 3 aromatic carbocycles. The Hall–Kier alpha value is -4.99. The molecule has 0 aliphatic carbocycles. The van der Waals surface area contributed by atoms with E-state index in [-0.39, 0.29) is 24.6 Å². The van der Waals surface area contributed by atoms with E-state index < -0.39 is 5.54 Å². The van der Waals surface area contributed by atoms with Gasteiger partial charge in [0, 0.05) is 29.6 Å². The lowest BCUT2D eigenvalue weighted by molar-refractivity contribution is -0.125. The van der Waals surface area contributed by atoms with Gasteiger partial charge in [0.1, 0.15) is 5.75 Å². The summed E-state index contributed by atoms with van der Waals surface area (Å²) in [7, 11) is 1.62. The average Bonchev–Trinajstić information content (AvgIpc) is 3.65. The average molecular weight is 539 g/mol. The molecule has 10 heteroatoms. The molecule has 4 amide bonds. The van der Waals surface area contributed by atoms with Crippen molar-refractivity contribution in [2.24, 2.45) is 0 Å². The van der Waals surface area contributed by atoms with Crippen LogP contribution in [-0.2, 0) is 23.3 Å². The Kier molecular flexibility index (Phi) is 5.28. The van der Waals surface area contributed by atoms with Crippen LogP contribution in [0.2, 0.25) is 0 Å². The van der Waals surface area contributed by atoms with Gasteiger partial charge in [0.25, 0.3) is 11.8 Å². The molecule has 4 heterocycles. The number of anilines is 1. The highest BCUT2D eigenvalue weighted by Crippen LogP contribution is 2.45. The Morgan fingerprint density at radius 3 is 2.65 bits per heavy atom. The van der Waals surface area contributed by atoms with Crippen LogP contribution < -0.4 is 24.4 Å². The Balaban J connectivity index is 1.12. The SMILES string of the molecule is COc1ccc2[nH]c3c(c2c1)CCN1C(=O)N(c2ccc(C(=O)NCc4ccc5c(c4)OCO5)cc2)C(=O)[C@]31C. The number of nitrogens with zero attached hydrogens (tertiary/aromatic N) is 2. The molecule has 202 valence electrons. The maximum atomic E-state index is 13.9. The Labute approximate surface area is 229 Å². The van der Waals surface area contributed by atoms with Crippen LogP contribution in [0.4, 0.5) is 10.5 Å². The Morgan fingerprint density at radius 1 is 1.05 bits per heavy atom. The molecule has 4 aromatic rings. The lowest BCUT2D eigenvalue weighted by atomic mass is 9.87. The van der Waals surface area contributed by atoms with E-state index in [4.69, 9.17) is 14.2 Å². The number of hydrogen-bond acceptors (Lipinski definition) is 6. The number of nitrogens with one attached hydrogen (secondary N) is 2. The fraction of sp³-hybridized carbons (Fsp3) is 0.233. The fourth-order valence-electron chi connectivity index (χ4n) is 5.87. The van der Waals surface area contributed by atoms with Crippen molar-refractivity contribution in [3.05, 3.63) is 83.0 Å². The molecule has 1 aromatic heterocycles. The minimum Gasteiger partial charge on any atom is -0.497 e. The quantitative estimate of drug-likeness (QED) is 0.371. The third-order valence-corrected chi connectivity index (χ3v) is 8.04. The van der Waals surface area contributed by atoms with E-state index in [0.717, 1.165) is 33.5 Å². The van der Waals surface area contributed by atoms with E-state index in [9.17, 15) is 14.4 Å². The van der Waals surface area contributed by atoms with E-state index in [1.54, 1.807) is 43.2 Å². The van der Waals surface area contributed by atoms with Gasteiger partial charge in [0.2, 0.25) is 6.79 Å². The topological polar surface area (TPSA) is 113 Å². The maximum Gasteiger partial charge on any atom is 0.332 e. The normalized spacial score (nSPS) is 19.1. The van der Waals surface area contributed by atoms with Gasteiger partial charge >= 0.3 is 6.03 Å². The van der Waals surface area contributed by atoms with Crippen molar-refractivity contribution in [1.82, 2.24) is 15.2 Å². The zero-order valence-electron chi connectivity index (χ0n) is 21.9. The van der Waals surface area contributed by atoms with Gasteiger partial charge in [0.05, 0.1) is 18.5 Å². The fourth-order valence-corrected chi connectivity index (χ4v) is 5.87. The highest BCUT2D eigenvalue weighted by molar-refractivity contribution is 6.23. The van der Waals surface area contributed by atoms with Crippen molar-refractivity contribution in [2.75, 3.05) is 25.3 Å². The zero-order chi connectivity index (χ0) is 27.6. The van der Waals surface area contributed by atoms with E-state index in [1.807, 2.05) is 36.4 Å². The largest absolute Gasteiger partial charge is 0.497 e. The highest BCUT2D eigenvalue weighted by Gasteiger charge is 2.59. The summed E-state index contributed by atoms with van der Waals surface area (Å²) in [5, 5.41) is 3.88. The number of fused-ring (bicyclic) bond motifs is 6. The molecule has 7 rings (SSSR count). The number of aromatic nitrogens is 1. The lowest BCUT2D eigenvalue weighted by Gasteiger charge is -2.35. The number of ether oxygens (including phenoxy) is 3. The van der Waals surface area contributed by atoms with Crippen molar-refractivity contribution < 1.29 is 28.6 Å². The number of hydrogen-bond donors (Lipinski definition) is 2. The Morgan fingerprint density at radius 2 is 1.85 bits per heavy atom. The molecule has 1 saturated heterocycles. The molecule has 3 aliphatic rings. The van der Waals surface area contributed by atoms with E-state index in [2.05, 4.69) is 10.3 Å². The van der Waals surface area contributed by atoms with Crippen LogP contribution in [0.3, 0.4) is 0 Å². The van der Waals surface area contributed by atoms with Crippen molar-refractivity contribution in [2.45, 2.75) is 25.4 Å². The predicted octanol–water partition coefficient (Wildman–Crippen LogP) is 4.08. The summed E-state index contributed by atoms with van der Waals surface area (Å²) in [6, 6.07) is 17.4. The first-order chi connectivity index (χ1) is 19.4. The summed E-state index contributed by atoms with van der Waals surface area (Å²) in [4.78, 5) is 46.5. The van der Waals surface area contributed by atoms with Crippen LogP contribution >= 0.6 is 0 Å². The summed E-state index contributed by atoms with van der Waals surface area (Å²) < 4.78 is 16.1. The van der Waals surface area contributed by atoms with E-state index >= 15 is 0 Å². The summed E-state index contributed by atoms with van der Waals surface area (Å²) >= 11 is 0. The van der Waals surface area contributed by atoms with Crippen LogP contribution in [0.25, 0.3) is 10.9 Å². The summed E-state index contributed by atoms with van der Waals surface area (Å²) in [5.74, 6) is 1.46. The van der Waals surface area contributed by atoms with Gasteiger partial charge in [-0.3, -0.25) is 9.59 Å². The number of rotatable bonds is 5. The number of imide groups is 1. The molecule has 0 bridgehead atoms. The molecule has 40 heavy (non-hydrogen) atoms. The van der Waals surface area contributed by atoms with Crippen LogP contribution in [0.5, 0.6) is 17.2 Å². The van der Waals surface area contributed by atoms with Crippen LogP contribution in [0.1, 0.15) is 34.1 Å². The summed E-state index contributed by atoms with van der Waals surface area (Å²) in [5.41, 5.74) is 3.17. The second-order valence-corrected chi connectivity index (χ2v) is 10.2. The molecule has 1 fully saturated rings. The summed E-state index contributed by atoms with van der Waals surface area (Å²) in [6.07, 6.45) is 0.618. The van der Waals surface area contributed by atoms with Gasteiger partial charge in [-0.05, 0) is 79.1 Å². The van der Waals surface area contributed by atoms with Crippen molar-refractivity contribution in [1.29, 1.82) is 0 Å². The zero-order valence-corrected chi connectivity index (χ0v) is 21.9. The molecule has 0 unspecified atom stereocenters. The second-order valence-electron chi connectivity index (χ2n) is 10.2. The predicted molar refractivity (Wildman–Crippen MR) is 146 cm³/mol. The van der Waals surface area contributed by atoms with Crippen LogP contribution in [-0.4, -0.2) is 48.2 Å². The molecular formula is C30H26N4O6. The number of methoxy groups -OCH3 is 1. The number of carbonyl (C=O) groups excluding carboxylic acids is 3. The van der Waals surface area contributed by atoms with Crippen LogP contribution in [0, 0.1) is 0 Å². The minimum atomic E-state index is -1.17. The molecule has 3 aliphatic heterocycles. The first kappa shape index (κ1) is 24.1. The lowest BCUT2D eigenvalue weighted by Crippen LogP contribution is -2.49. The van der Waals surface area contributed by atoms with E-state index in [0.29, 0.717) is 42.3 Å². The molecule has 1 atom stereocenters. The second kappa shape index (κ2) is 8.77. The molecule has 0 spiro atoms. The number of benzene rings is 3. The summed E-state index contributed by atoms with van der Waals surface area (Å²) in [6.45, 7) is 2.70. The van der Waals surface area contributed by atoms with Crippen molar-refractivity contribution in [3.63, 3.8) is 0 Å². The third kappa shape index (κ3) is 3.45. The third-order valence-electron chi connectivity index (χ3n) is 8.04. The molecular weight excluding hydrogens is 512 g/mol. The van der Waals surface area contributed by atoms with Gasteiger partial charge in [-0.25, -0.2) is 9.69 Å². The number of carbonyl (C=O) groups is 3. The standard InChI is InChI=1S/C30H26N4O6/c1-30-26-21(22-14-20(38-2)8-9-23(22)32-26)11-12-33(30)29(37)34(28(30)36)19-6-4-18(5-7-19)27(35)31-15-17-3-10-24-25(13-17)40-16-39-24/h3-10,13-14,32H,11-12,15-16H2,1-2H3,(H,31,35)/t30-/m0/s1. The first-order valence-electron chi connectivity index (χ1n) is 13.0. The monoisotopic (exact) mass is 538 g/mol. The van der Waals surface area contributed by atoms with Gasteiger partial charge in [-0.1, -0.05) is 6.07 Å². The van der Waals surface area contributed by atoms with E-state index in [1.165, 1.54) is 4.90 Å². The number of H-pyrrole nitrogens is 1. The van der Waals surface area contributed by atoms with Gasteiger partial charge < -0.3 is 29.4 Å². The first-order valence-corrected chi connectivity index (χ1v) is 13.0. The van der Waals surface area contributed by atoms with Crippen molar-refractivity contribution >= 4 is 34.4 Å². The minimum absolute atomic E-state index is 0.189. The van der Waals surface area contributed by atoms with Gasteiger partial charge in [-0.15, -0.1) is 0 Å². The molecule has 10 nitrogen and oxygen atoms in total. The number of aromatic amines is 1. The maximum absolute atomic E-state index is 13.9. The Bertz CT molecular complexity index is 1710. The molecule has 0 radical (unpaired) electrons. The van der Waals surface area contributed by atoms with Gasteiger partial charge in [-0.2, -0.15) is 0 Å². The number of amides is 4. The van der Waals surface area contributed by atoms with Gasteiger partial charge in [0.15, 0.2) is 17.0 Å².